The van der Waals surface area contributed by atoms with E-state index in [4.69, 9.17) is 5.73 Å². The maximum Gasteiger partial charge on any atom is 0.421 e. The number of nitrogen functional groups attached to an aromatic ring is 1. The molecule has 0 spiro atoms. The number of hydrogen-bond donors (Lipinski definition) is 2. The van der Waals surface area contributed by atoms with Gasteiger partial charge in [-0.05, 0) is 12.8 Å². The number of aromatic nitrogens is 2. The van der Waals surface area contributed by atoms with Crippen molar-refractivity contribution in [2.75, 3.05) is 11.1 Å². The minimum Gasteiger partial charge on any atom is -0.368 e. The Bertz CT molecular complexity index is 390. The largest absolute Gasteiger partial charge is 0.421 e. The lowest BCUT2D eigenvalue weighted by atomic mass is 10.1. The first-order valence-corrected chi connectivity index (χ1v) is 5.18. The SMILES string of the molecule is CC(C)[C@H](C)Nc1nc(N)ncc1C(F)(F)F. The van der Waals surface area contributed by atoms with Gasteiger partial charge in [-0.1, -0.05) is 13.8 Å². The zero-order valence-electron chi connectivity index (χ0n) is 9.84. The topological polar surface area (TPSA) is 63.8 Å². The molecule has 0 unspecified atom stereocenters. The summed E-state index contributed by atoms with van der Waals surface area (Å²) in [6.07, 6.45) is -3.80. The summed E-state index contributed by atoms with van der Waals surface area (Å²) in [7, 11) is 0. The molecule has 17 heavy (non-hydrogen) atoms. The van der Waals surface area contributed by atoms with Gasteiger partial charge in [0.05, 0.1) is 0 Å². The van der Waals surface area contributed by atoms with Crippen LogP contribution in [0, 0.1) is 5.92 Å². The number of nitrogens with one attached hydrogen (secondary N) is 1. The van der Waals surface area contributed by atoms with E-state index < -0.39 is 11.7 Å². The summed E-state index contributed by atoms with van der Waals surface area (Å²) in [5, 5.41) is 2.71. The second-order valence-corrected chi connectivity index (χ2v) is 4.17. The quantitative estimate of drug-likeness (QED) is 0.862. The van der Waals surface area contributed by atoms with Crippen molar-refractivity contribution >= 4 is 11.8 Å². The van der Waals surface area contributed by atoms with Gasteiger partial charge in [-0.15, -0.1) is 0 Å². The minimum absolute atomic E-state index is 0.148. The van der Waals surface area contributed by atoms with E-state index in [-0.39, 0.29) is 23.7 Å². The molecule has 1 rings (SSSR count). The minimum atomic E-state index is -4.49. The number of hydrogen-bond acceptors (Lipinski definition) is 4. The maximum atomic E-state index is 12.7. The summed E-state index contributed by atoms with van der Waals surface area (Å²) in [6, 6.07) is -0.148. The Morgan fingerprint density at radius 1 is 1.29 bits per heavy atom. The molecule has 0 aliphatic carbocycles. The maximum absolute atomic E-state index is 12.7. The molecule has 0 bridgehead atoms. The molecule has 7 heteroatoms. The number of alkyl halides is 3. The lowest BCUT2D eigenvalue weighted by Crippen LogP contribution is -2.25. The van der Waals surface area contributed by atoms with E-state index in [2.05, 4.69) is 15.3 Å². The summed E-state index contributed by atoms with van der Waals surface area (Å²) in [6.45, 7) is 5.58. The van der Waals surface area contributed by atoms with Crippen LogP contribution in [0.25, 0.3) is 0 Å². The van der Waals surface area contributed by atoms with E-state index in [0.717, 1.165) is 0 Å². The van der Waals surface area contributed by atoms with Gasteiger partial charge in [0.15, 0.2) is 0 Å². The van der Waals surface area contributed by atoms with Crippen LogP contribution >= 0.6 is 0 Å². The molecular weight excluding hydrogens is 233 g/mol. The molecule has 0 fully saturated rings. The van der Waals surface area contributed by atoms with E-state index >= 15 is 0 Å². The Morgan fingerprint density at radius 3 is 2.35 bits per heavy atom. The highest BCUT2D eigenvalue weighted by molar-refractivity contribution is 5.48. The van der Waals surface area contributed by atoms with Crippen molar-refractivity contribution in [1.82, 2.24) is 9.97 Å². The molecule has 0 aromatic carbocycles. The molecule has 1 heterocycles. The average Bonchev–Trinajstić information content (AvgIpc) is 2.15. The molecular formula is C10H15F3N4. The van der Waals surface area contributed by atoms with Gasteiger partial charge in [0.2, 0.25) is 5.95 Å². The third-order valence-electron chi connectivity index (χ3n) is 2.48. The molecule has 0 saturated carbocycles. The van der Waals surface area contributed by atoms with E-state index in [1.165, 1.54) is 0 Å². The third-order valence-corrected chi connectivity index (χ3v) is 2.48. The molecule has 0 saturated heterocycles. The Kier molecular flexibility index (Phi) is 3.79. The highest BCUT2D eigenvalue weighted by Crippen LogP contribution is 2.34. The number of halogens is 3. The van der Waals surface area contributed by atoms with Crippen molar-refractivity contribution in [3.05, 3.63) is 11.8 Å². The van der Waals surface area contributed by atoms with Crippen LogP contribution in [0.4, 0.5) is 24.9 Å². The number of nitrogens with two attached hydrogens (primary N) is 1. The van der Waals surface area contributed by atoms with Gasteiger partial charge in [0, 0.05) is 12.2 Å². The molecule has 0 amide bonds. The Morgan fingerprint density at radius 2 is 1.88 bits per heavy atom. The van der Waals surface area contributed by atoms with Gasteiger partial charge in [-0.25, -0.2) is 4.98 Å². The first-order chi connectivity index (χ1) is 7.71. The second-order valence-electron chi connectivity index (χ2n) is 4.17. The van der Waals surface area contributed by atoms with E-state index in [1.54, 1.807) is 6.92 Å². The van der Waals surface area contributed by atoms with Gasteiger partial charge >= 0.3 is 6.18 Å². The van der Waals surface area contributed by atoms with Gasteiger partial charge < -0.3 is 11.1 Å². The predicted octanol–water partition coefficient (Wildman–Crippen LogP) is 2.53. The van der Waals surface area contributed by atoms with Crippen molar-refractivity contribution < 1.29 is 13.2 Å². The van der Waals surface area contributed by atoms with Gasteiger partial charge in [-0.3, -0.25) is 0 Å². The molecule has 1 atom stereocenters. The van der Waals surface area contributed by atoms with Gasteiger partial charge in [0.1, 0.15) is 11.4 Å². The highest BCUT2D eigenvalue weighted by Gasteiger charge is 2.35. The van der Waals surface area contributed by atoms with E-state index in [1.807, 2.05) is 13.8 Å². The number of nitrogens with zero attached hydrogens (tertiary/aromatic N) is 2. The van der Waals surface area contributed by atoms with E-state index in [9.17, 15) is 13.2 Å². The van der Waals surface area contributed by atoms with Crippen LogP contribution in [0.2, 0.25) is 0 Å². The lowest BCUT2D eigenvalue weighted by molar-refractivity contribution is -0.137. The van der Waals surface area contributed by atoms with Crippen LogP contribution in [0.15, 0.2) is 6.20 Å². The molecule has 3 N–H and O–H groups in total. The van der Waals surface area contributed by atoms with Crippen molar-refractivity contribution in [3.63, 3.8) is 0 Å². The van der Waals surface area contributed by atoms with Gasteiger partial charge in [0.25, 0.3) is 0 Å². The van der Waals surface area contributed by atoms with Crippen LogP contribution < -0.4 is 11.1 Å². The number of anilines is 2. The summed E-state index contributed by atoms with van der Waals surface area (Å²) in [5.74, 6) is -0.282. The van der Waals surface area contributed by atoms with Gasteiger partial charge in [-0.2, -0.15) is 18.2 Å². The Balaban J connectivity index is 3.08. The molecule has 0 radical (unpaired) electrons. The molecule has 96 valence electrons. The Hall–Kier alpha value is -1.53. The van der Waals surface area contributed by atoms with Crippen LogP contribution in [0.3, 0.4) is 0 Å². The monoisotopic (exact) mass is 248 g/mol. The predicted molar refractivity (Wildman–Crippen MR) is 59.4 cm³/mol. The van der Waals surface area contributed by atoms with Crippen LogP contribution in [-0.4, -0.2) is 16.0 Å². The molecule has 1 aromatic rings. The van der Waals surface area contributed by atoms with Crippen molar-refractivity contribution in [1.29, 1.82) is 0 Å². The molecule has 0 aliphatic heterocycles. The summed E-state index contributed by atoms with van der Waals surface area (Å²) in [5.41, 5.74) is 4.39. The van der Waals surface area contributed by atoms with Crippen molar-refractivity contribution in [2.45, 2.75) is 33.0 Å². The van der Waals surface area contributed by atoms with Crippen molar-refractivity contribution in [2.24, 2.45) is 5.92 Å². The number of rotatable bonds is 3. The normalized spacial score (nSPS) is 13.8. The fourth-order valence-electron chi connectivity index (χ4n) is 1.10. The van der Waals surface area contributed by atoms with E-state index in [0.29, 0.717) is 6.20 Å². The first-order valence-electron chi connectivity index (χ1n) is 5.18. The molecule has 1 aromatic heterocycles. The fraction of sp³-hybridized carbons (Fsp3) is 0.600. The Labute approximate surface area is 97.4 Å². The van der Waals surface area contributed by atoms with Crippen LogP contribution in [0.5, 0.6) is 0 Å². The zero-order chi connectivity index (χ0) is 13.2. The fourth-order valence-corrected chi connectivity index (χ4v) is 1.10. The van der Waals surface area contributed by atoms with Crippen molar-refractivity contribution in [3.8, 4) is 0 Å². The third kappa shape index (κ3) is 3.47. The lowest BCUT2D eigenvalue weighted by Gasteiger charge is -2.20. The second kappa shape index (κ2) is 4.77. The van der Waals surface area contributed by atoms with Crippen LogP contribution in [-0.2, 0) is 6.18 Å². The summed E-state index contributed by atoms with van der Waals surface area (Å²) >= 11 is 0. The first kappa shape index (κ1) is 13.5. The highest BCUT2D eigenvalue weighted by atomic mass is 19.4. The average molecular weight is 248 g/mol. The zero-order valence-corrected chi connectivity index (χ0v) is 9.84. The molecule has 4 nitrogen and oxygen atoms in total. The smallest absolute Gasteiger partial charge is 0.368 e. The summed E-state index contributed by atoms with van der Waals surface area (Å²) < 4.78 is 38.0. The standard InChI is InChI=1S/C10H15F3N4/c1-5(2)6(3)16-8-7(10(11,12)13)4-15-9(14)17-8/h4-6H,1-3H3,(H3,14,15,16,17)/t6-/m0/s1. The summed E-state index contributed by atoms with van der Waals surface area (Å²) in [4.78, 5) is 6.96. The molecule has 0 aliphatic rings. The van der Waals surface area contributed by atoms with Crippen LogP contribution in [0.1, 0.15) is 26.3 Å².